The van der Waals surface area contributed by atoms with E-state index in [1.165, 1.54) is 0 Å². The van der Waals surface area contributed by atoms with Gasteiger partial charge in [0.25, 0.3) is 0 Å². The largest absolute Gasteiger partial charge is 0.488 e. The molecular formula is C23H18O5. The molecule has 1 saturated heterocycles. The van der Waals surface area contributed by atoms with Gasteiger partial charge in [-0.15, -0.1) is 0 Å². The Kier molecular flexibility index (Phi) is 4.22. The summed E-state index contributed by atoms with van der Waals surface area (Å²) in [5.41, 5.74) is 2.49. The van der Waals surface area contributed by atoms with Gasteiger partial charge in [-0.1, -0.05) is 48.5 Å². The molecule has 2 aliphatic rings. The van der Waals surface area contributed by atoms with E-state index >= 15 is 0 Å². The van der Waals surface area contributed by atoms with E-state index in [0.29, 0.717) is 29.4 Å². The topological polar surface area (TPSA) is 57.3 Å². The van der Waals surface area contributed by atoms with Crippen molar-refractivity contribution in [1.82, 2.24) is 0 Å². The standard InChI is InChI=1S/C23H18O5/c24-21(23-22(28-23)16-10-11-19-20(12-16)27-14-26-19)17-8-4-5-9-18(17)25-13-15-6-2-1-3-7-15/h1-12,22-23H,13-14H2/t22-,23-/m0/s1. The summed E-state index contributed by atoms with van der Waals surface area (Å²) in [5.74, 6) is 1.89. The third kappa shape index (κ3) is 3.21. The highest BCUT2D eigenvalue weighted by molar-refractivity contribution is 6.03. The van der Waals surface area contributed by atoms with E-state index in [2.05, 4.69) is 0 Å². The van der Waals surface area contributed by atoms with Crippen LogP contribution in [0.3, 0.4) is 0 Å². The van der Waals surface area contributed by atoms with Crippen molar-refractivity contribution in [3.8, 4) is 17.2 Å². The Morgan fingerprint density at radius 1 is 0.929 bits per heavy atom. The molecule has 0 aliphatic carbocycles. The molecule has 0 aromatic heterocycles. The molecule has 0 N–H and O–H groups in total. The average molecular weight is 374 g/mol. The maximum absolute atomic E-state index is 13.0. The second-order valence-electron chi connectivity index (χ2n) is 6.72. The van der Waals surface area contributed by atoms with Crippen LogP contribution in [-0.4, -0.2) is 18.7 Å². The predicted octanol–water partition coefficient (Wildman–Crippen LogP) is 4.32. The minimum absolute atomic E-state index is 0.0775. The summed E-state index contributed by atoms with van der Waals surface area (Å²) < 4.78 is 22.3. The first-order chi connectivity index (χ1) is 13.8. The van der Waals surface area contributed by atoms with Crippen LogP contribution in [0.2, 0.25) is 0 Å². The van der Waals surface area contributed by atoms with Gasteiger partial charge in [-0.05, 0) is 35.4 Å². The van der Waals surface area contributed by atoms with Crippen LogP contribution in [0.1, 0.15) is 27.6 Å². The molecule has 28 heavy (non-hydrogen) atoms. The molecule has 0 saturated carbocycles. The number of para-hydroxylation sites is 1. The highest BCUT2D eigenvalue weighted by Crippen LogP contribution is 2.45. The van der Waals surface area contributed by atoms with E-state index in [0.717, 1.165) is 11.1 Å². The van der Waals surface area contributed by atoms with Crippen molar-refractivity contribution in [3.63, 3.8) is 0 Å². The monoisotopic (exact) mass is 374 g/mol. The fourth-order valence-electron chi connectivity index (χ4n) is 3.34. The summed E-state index contributed by atoms with van der Waals surface area (Å²) in [6.45, 7) is 0.626. The summed E-state index contributed by atoms with van der Waals surface area (Å²) in [5, 5.41) is 0. The molecule has 2 aliphatic heterocycles. The van der Waals surface area contributed by atoms with Crippen molar-refractivity contribution < 1.29 is 23.7 Å². The van der Waals surface area contributed by atoms with E-state index in [1.54, 1.807) is 6.07 Å². The number of ketones is 1. The molecule has 1 fully saturated rings. The van der Waals surface area contributed by atoms with Crippen molar-refractivity contribution in [2.24, 2.45) is 0 Å². The lowest BCUT2D eigenvalue weighted by Crippen LogP contribution is -2.10. The van der Waals surface area contributed by atoms with Gasteiger partial charge in [0.2, 0.25) is 6.79 Å². The quantitative estimate of drug-likeness (QED) is 0.475. The lowest BCUT2D eigenvalue weighted by Gasteiger charge is -2.10. The molecule has 3 aromatic rings. The zero-order chi connectivity index (χ0) is 18.9. The van der Waals surface area contributed by atoms with Crippen LogP contribution in [0.15, 0.2) is 72.8 Å². The first kappa shape index (κ1) is 16.8. The number of carbonyl (C=O) groups is 1. The molecule has 0 spiro atoms. The summed E-state index contributed by atoms with van der Waals surface area (Å²) in [7, 11) is 0. The van der Waals surface area contributed by atoms with Crippen molar-refractivity contribution in [3.05, 3.63) is 89.5 Å². The number of rotatable bonds is 6. The maximum atomic E-state index is 13.0. The Morgan fingerprint density at radius 3 is 2.61 bits per heavy atom. The number of hydrogen-bond acceptors (Lipinski definition) is 5. The predicted molar refractivity (Wildman–Crippen MR) is 102 cm³/mol. The number of ether oxygens (including phenoxy) is 4. The molecule has 5 rings (SSSR count). The molecule has 0 amide bonds. The number of benzene rings is 3. The first-order valence-electron chi connectivity index (χ1n) is 9.14. The molecule has 140 valence electrons. The summed E-state index contributed by atoms with van der Waals surface area (Å²) in [4.78, 5) is 13.0. The fraction of sp³-hybridized carbons (Fsp3) is 0.174. The molecule has 5 nitrogen and oxygen atoms in total. The second-order valence-corrected chi connectivity index (χ2v) is 6.72. The Balaban J connectivity index is 1.31. The van der Waals surface area contributed by atoms with E-state index in [-0.39, 0.29) is 18.7 Å². The fourth-order valence-corrected chi connectivity index (χ4v) is 3.34. The normalized spacial score (nSPS) is 19.3. The van der Waals surface area contributed by atoms with E-state index in [1.807, 2.05) is 66.7 Å². The Labute approximate surface area is 162 Å². The minimum Gasteiger partial charge on any atom is -0.488 e. The van der Waals surface area contributed by atoms with Gasteiger partial charge in [0, 0.05) is 0 Å². The second kappa shape index (κ2) is 7.02. The van der Waals surface area contributed by atoms with Gasteiger partial charge in [0.15, 0.2) is 23.4 Å². The van der Waals surface area contributed by atoms with E-state index in [4.69, 9.17) is 18.9 Å². The highest BCUT2D eigenvalue weighted by atomic mass is 16.7. The summed E-state index contributed by atoms with van der Waals surface area (Å²) in [6.07, 6.45) is -0.786. The van der Waals surface area contributed by atoms with Gasteiger partial charge in [0.05, 0.1) is 5.56 Å². The van der Waals surface area contributed by atoms with Gasteiger partial charge in [-0.25, -0.2) is 0 Å². The highest BCUT2D eigenvalue weighted by Gasteiger charge is 2.47. The molecule has 0 radical (unpaired) electrons. The Hall–Kier alpha value is -3.31. The first-order valence-corrected chi connectivity index (χ1v) is 9.14. The van der Waals surface area contributed by atoms with E-state index in [9.17, 15) is 4.79 Å². The van der Waals surface area contributed by atoms with Gasteiger partial charge < -0.3 is 18.9 Å². The van der Waals surface area contributed by atoms with Gasteiger partial charge in [0.1, 0.15) is 18.5 Å². The van der Waals surface area contributed by atoms with Crippen molar-refractivity contribution in [2.45, 2.75) is 18.8 Å². The SMILES string of the molecule is O=C(c1ccccc1OCc1ccccc1)[C@@H]1O[C@H]1c1ccc2c(c1)OCO2. The van der Waals surface area contributed by atoms with Crippen LogP contribution >= 0.6 is 0 Å². The van der Waals surface area contributed by atoms with Crippen LogP contribution in [0, 0.1) is 0 Å². The maximum Gasteiger partial charge on any atom is 0.231 e. The lowest BCUT2D eigenvalue weighted by atomic mass is 10.0. The number of hydrogen-bond donors (Lipinski definition) is 0. The smallest absolute Gasteiger partial charge is 0.231 e. The number of fused-ring (bicyclic) bond motifs is 1. The molecular weight excluding hydrogens is 356 g/mol. The Morgan fingerprint density at radius 2 is 1.71 bits per heavy atom. The third-order valence-corrected chi connectivity index (χ3v) is 4.86. The third-order valence-electron chi connectivity index (χ3n) is 4.86. The minimum atomic E-state index is -0.512. The molecule has 2 heterocycles. The van der Waals surface area contributed by atoms with Crippen molar-refractivity contribution >= 4 is 5.78 Å². The zero-order valence-electron chi connectivity index (χ0n) is 15.0. The van der Waals surface area contributed by atoms with Crippen molar-refractivity contribution in [1.29, 1.82) is 0 Å². The average Bonchev–Trinajstić information content (AvgIpc) is 3.41. The molecule has 2 atom stereocenters. The number of Topliss-reactive ketones (excluding diaryl/α,β-unsaturated/α-hetero) is 1. The van der Waals surface area contributed by atoms with Gasteiger partial charge in [-0.2, -0.15) is 0 Å². The zero-order valence-corrected chi connectivity index (χ0v) is 15.0. The molecule has 5 heteroatoms. The van der Waals surface area contributed by atoms with Crippen LogP contribution in [0.4, 0.5) is 0 Å². The number of carbonyl (C=O) groups excluding carboxylic acids is 1. The molecule has 0 unspecified atom stereocenters. The van der Waals surface area contributed by atoms with Crippen LogP contribution in [-0.2, 0) is 11.3 Å². The van der Waals surface area contributed by atoms with Crippen molar-refractivity contribution in [2.75, 3.05) is 6.79 Å². The summed E-state index contributed by atoms with van der Waals surface area (Å²) in [6, 6.07) is 22.8. The lowest BCUT2D eigenvalue weighted by molar-refractivity contribution is 0.0949. The van der Waals surface area contributed by atoms with E-state index < -0.39 is 6.10 Å². The summed E-state index contributed by atoms with van der Waals surface area (Å²) >= 11 is 0. The van der Waals surface area contributed by atoms with Gasteiger partial charge >= 0.3 is 0 Å². The molecule has 3 aromatic carbocycles. The Bertz CT molecular complexity index is 1010. The number of epoxide rings is 1. The van der Waals surface area contributed by atoms with Crippen LogP contribution in [0.5, 0.6) is 17.2 Å². The van der Waals surface area contributed by atoms with Gasteiger partial charge in [-0.3, -0.25) is 4.79 Å². The van der Waals surface area contributed by atoms with Crippen LogP contribution < -0.4 is 14.2 Å². The van der Waals surface area contributed by atoms with Crippen LogP contribution in [0.25, 0.3) is 0 Å². The molecule has 0 bridgehead atoms.